The lowest BCUT2D eigenvalue weighted by atomic mass is 10.1. The van der Waals surface area contributed by atoms with Gasteiger partial charge in [0.25, 0.3) is 0 Å². The summed E-state index contributed by atoms with van der Waals surface area (Å²) in [4.78, 5) is 10.8. The lowest BCUT2D eigenvalue weighted by Gasteiger charge is -2.10. The highest BCUT2D eigenvalue weighted by atomic mass is 16.5. The third-order valence-corrected chi connectivity index (χ3v) is 2.28. The van der Waals surface area contributed by atoms with Gasteiger partial charge in [0.1, 0.15) is 0 Å². The summed E-state index contributed by atoms with van der Waals surface area (Å²) in [5.74, 6) is -0.0615. The Morgan fingerprint density at radius 1 is 1.50 bits per heavy atom. The molecule has 0 aliphatic heterocycles. The van der Waals surface area contributed by atoms with Gasteiger partial charge in [-0.25, -0.2) is 0 Å². The van der Waals surface area contributed by atoms with Crippen molar-refractivity contribution in [2.75, 3.05) is 12.4 Å². The summed E-state index contributed by atoms with van der Waals surface area (Å²) >= 11 is 0. The number of carbonyl (C=O) groups excluding carboxylic acids is 1. The van der Waals surface area contributed by atoms with E-state index in [4.69, 9.17) is 4.74 Å². The van der Waals surface area contributed by atoms with E-state index in [1.165, 1.54) is 6.92 Å². The maximum atomic E-state index is 10.8. The molecule has 86 valence electrons. The summed E-state index contributed by atoms with van der Waals surface area (Å²) in [6.07, 6.45) is 2.61. The molecular weight excluding hydrogens is 202 g/mol. The van der Waals surface area contributed by atoms with Crippen molar-refractivity contribution in [1.82, 2.24) is 0 Å². The van der Waals surface area contributed by atoms with Gasteiger partial charge in [-0.15, -0.1) is 6.58 Å². The highest BCUT2D eigenvalue weighted by molar-refractivity contribution is 5.88. The molecule has 0 fully saturated rings. The highest BCUT2D eigenvalue weighted by Crippen LogP contribution is 2.12. The maximum absolute atomic E-state index is 10.8. The fraction of sp³-hybridized carbons (Fsp3) is 0.308. The highest BCUT2D eigenvalue weighted by Gasteiger charge is 2.03. The van der Waals surface area contributed by atoms with E-state index in [0.717, 1.165) is 17.7 Å². The van der Waals surface area contributed by atoms with Crippen LogP contribution in [0.5, 0.6) is 0 Å². The molecule has 0 aliphatic rings. The lowest BCUT2D eigenvalue weighted by molar-refractivity contribution is -0.114. The van der Waals surface area contributed by atoms with E-state index in [1.54, 1.807) is 13.2 Å². The Morgan fingerprint density at radius 2 is 2.12 bits per heavy atom. The van der Waals surface area contributed by atoms with Gasteiger partial charge in [0.2, 0.25) is 5.91 Å². The number of anilines is 1. The molecule has 1 amide bonds. The molecule has 0 aliphatic carbocycles. The first-order valence-corrected chi connectivity index (χ1v) is 5.17. The average Bonchev–Trinajstić information content (AvgIpc) is 2.27. The molecule has 3 heteroatoms. The average molecular weight is 219 g/mol. The number of nitrogens with one attached hydrogen (secondary N) is 1. The Kier molecular flexibility index (Phi) is 4.73. The Hall–Kier alpha value is -1.61. The van der Waals surface area contributed by atoms with E-state index in [-0.39, 0.29) is 12.0 Å². The van der Waals surface area contributed by atoms with Crippen LogP contribution in [0.25, 0.3) is 0 Å². The monoisotopic (exact) mass is 219 g/mol. The van der Waals surface area contributed by atoms with E-state index in [0.29, 0.717) is 0 Å². The van der Waals surface area contributed by atoms with E-state index in [9.17, 15) is 4.79 Å². The van der Waals surface area contributed by atoms with Gasteiger partial charge in [-0.1, -0.05) is 18.2 Å². The second-order valence-corrected chi connectivity index (χ2v) is 3.59. The van der Waals surface area contributed by atoms with Gasteiger partial charge in [-0.2, -0.15) is 0 Å². The van der Waals surface area contributed by atoms with Crippen LogP contribution in [0.4, 0.5) is 5.69 Å². The van der Waals surface area contributed by atoms with Gasteiger partial charge in [0.15, 0.2) is 0 Å². The third-order valence-electron chi connectivity index (χ3n) is 2.28. The number of ether oxygens (including phenoxy) is 1. The standard InChI is InChI=1S/C13H17NO2/c1-4-13(16-3)9-11-5-7-12(8-6-11)14-10(2)15/h4-8,13H,1,9H2,2-3H3,(H,14,15). The minimum atomic E-state index is -0.0615. The molecule has 1 aromatic carbocycles. The van der Waals surface area contributed by atoms with Crippen LogP contribution in [0.2, 0.25) is 0 Å². The van der Waals surface area contributed by atoms with Crippen LogP contribution >= 0.6 is 0 Å². The van der Waals surface area contributed by atoms with Crippen molar-refractivity contribution >= 4 is 11.6 Å². The minimum absolute atomic E-state index is 0.0339. The van der Waals surface area contributed by atoms with Crippen molar-refractivity contribution in [3.05, 3.63) is 42.5 Å². The second-order valence-electron chi connectivity index (χ2n) is 3.59. The Bertz CT molecular complexity index is 357. The van der Waals surface area contributed by atoms with Gasteiger partial charge >= 0.3 is 0 Å². The Labute approximate surface area is 96.1 Å². The third kappa shape index (κ3) is 3.87. The number of hydrogen-bond donors (Lipinski definition) is 1. The molecule has 0 saturated heterocycles. The molecule has 16 heavy (non-hydrogen) atoms. The van der Waals surface area contributed by atoms with Gasteiger partial charge in [0.05, 0.1) is 6.10 Å². The Morgan fingerprint density at radius 3 is 2.56 bits per heavy atom. The zero-order chi connectivity index (χ0) is 12.0. The molecule has 1 atom stereocenters. The zero-order valence-corrected chi connectivity index (χ0v) is 9.69. The molecule has 0 saturated carbocycles. The van der Waals surface area contributed by atoms with Crippen molar-refractivity contribution in [2.24, 2.45) is 0 Å². The molecule has 3 nitrogen and oxygen atoms in total. The topological polar surface area (TPSA) is 38.3 Å². The summed E-state index contributed by atoms with van der Waals surface area (Å²) in [5.41, 5.74) is 1.96. The maximum Gasteiger partial charge on any atom is 0.221 e. The van der Waals surface area contributed by atoms with Gasteiger partial charge < -0.3 is 10.1 Å². The fourth-order valence-corrected chi connectivity index (χ4v) is 1.42. The first-order chi connectivity index (χ1) is 7.65. The molecular formula is C13H17NO2. The molecule has 0 heterocycles. The molecule has 0 aromatic heterocycles. The van der Waals surface area contributed by atoms with E-state index in [1.807, 2.05) is 24.3 Å². The summed E-state index contributed by atoms with van der Waals surface area (Å²) in [6.45, 7) is 5.20. The van der Waals surface area contributed by atoms with Crippen molar-refractivity contribution < 1.29 is 9.53 Å². The molecule has 1 rings (SSSR count). The molecule has 0 radical (unpaired) electrons. The SMILES string of the molecule is C=CC(Cc1ccc(NC(C)=O)cc1)OC. The fourth-order valence-electron chi connectivity index (χ4n) is 1.42. The predicted molar refractivity (Wildman–Crippen MR) is 65.4 cm³/mol. The predicted octanol–water partition coefficient (Wildman–Crippen LogP) is 2.39. The summed E-state index contributed by atoms with van der Waals surface area (Å²) in [6, 6.07) is 7.71. The molecule has 0 bridgehead atoms. The van der Waals surface area contributed by atoms with Crippen LogP contribution in [-0.4, -0.2) is 19.1 Å². The molecule has 1 aromatic rings. The van der Waals surface area contributed by atoms with Crippen molar-refractivity contribution in [3.63, 3.8) is 0 Å². The van der Waals surface area contributed by atoms with Crippen LogP contribution in [0, 0.1) is 0 Å². The van der Waals surface area contributed by atoms with Crippen LogP contribution < -0.4 is 5.32 Å². The summed E-state index contributed by atoms with van der Waals surface area (Å²) in [7, 11) is 1.66. The second kappa shape index (κ2) is 6.08. The number of amides is 1. The van der Waals surface area contributed by atoms with Gasteiger partial charge in [-0.3, -0.25) is 4.79 Å². The normalized spacial score (nSPS) is 11.9. The van der Waals surface area contributed by atoms with Crippen LogP contribution in [0.15, 0.2) is 36.9 Å². The van der Waals surface area contributed by atoms with Crippen molar-refractivity contribution in [3.8, 4) is 0 Å². The van der Waals surface area contributed by atoms with Crippen LogP contribution in [0.3, 0.4) is 0 Å². The summed E-state index contributed by atoms with van der Waals surface area (Å²) in [5, 5.41) is 2.72. The minimum Gasteiger partial charge on any atom is -0.377 e. The quantitative estimate of drug-likeness (QED) is 0.772. The Balaban J connectivity index is 2.63. The number of hydrogen-bond acceptors (Lipinski definition) is 2. The smallest absolute Gasteiger partial charge is 0.221 e. The lowest BCUT2D eigenvalue weighted by Crippen LogP contribution is -2.10. The molecule has 0 spiro atoms. The van der Waals surface area contributed by atoms with Crippen molar-refractivity contribution in [2.45, 2.75) is 19.4 Å². The van der Waals surface area contributed by atoms with E-state index in [2.05, 4.69) is 11.9 Å². The number of carbonyl (C=O) groups is 1. The number of methoxy groups -OCH3 is 1. The molecule has 1 unspecified atom stereocenters. The van der Waals surface area contributed by atoms with Crippen LogP contribution in [0.1, 0.15) is 12.5 Å². The zero-order valence-electron chi connectivity index (χ0n) is 9.69. The first-order valence-electron chi connectivity index (χ1n) is 5.17. The summed E-state index contributed by atoms with van der Waals surface area (Å²) < 4.78 is 5.21. The van der Waals surface area contributed by atoms with Gasteiger partial charge in [-0.05, 0) is 17.7 Å². The number of rotatable bonds is 5. The largest absolute Gasteiger partial charge is 0.377 e. The molecule has 1 N–H and O–H groups in total. The van der Waals surface area contributed by atoms with Crippen LogP contribution in [-0.2, 0) is 16.0 Å². The number of benzene rings is 1. The van der Waals surface area contributed by atoms with Gasteiger partial charge in [0, 0.05) is 26.1 Å². The van der Waals surface area contributed by atoms with E-state index >= 15 is 0 Å². The van der Waals surface area contributed by atoms with E-state index < -0.39 is 0 Å². The van der Waals surface area contributed by atoms with Crippen molar-refractivity contribution in [1.29, 1.82) is 0 Å². The first kappa shape index (κ1) is 12.5.